The summed E-state index contributed by atoms with van der Waals surface area (Å²) in [6.45, 7) is 3.57. The summed E-state index contributed by atoms with van der Waals surface area (Å²) in [5.74, 6) is -0.176. The van der Waals surface area contributed by atoms with Crippen molar-refractivity contribution < 1.29 is 4.79 Å². The van der Waals surface area contributed by atoms with Crippen molar-refractivity contribution in [2.24, 2.45) is 0 Å². The minimum Gasteiger partial charge on any atom is -0.343 e. The standard InChI is InChI=1S/C15H13N5O/c1-3-15(21)20-12-5-4-10(2)6-13(12)19-14(9-18)11(7-16)8-17/h4-6,19H,3H2,1-2H3,(H,20,21). The van der Waals surface area contributed by atoms with Gasteiger partial charge in [0.25, 0.3) is 0 Å². The molecule has 0 saturated carbocycles. The fourth-order valence-corrected chi connectivity index (χ4v) is 1.53. The van der Waals surface area contributed by atoms with E-state index in [-0.39, 0.29) is 17.2 Å². The molecule has 1 amide bonds. The summed E-state index contributed by atoms with van der Waals surface area (Å²) in [6.07, 6.45) is 0.315. The Morgan fingerprint density at radius 2 is 1.76 bits per heavy atom. The van der Waals surface area contributed by atoms with Crippen LogP contribution in [0.25, 0.3) is 0 Å². The molecule has 0 fully saturated rings. The number of rotatable bonds is 4. The molecule has 0 saturated heterocycles. The third-order valence-corrected chi connectivity index (χ3v) is 2.62. The van der Waals surface area contributed by atoms with Crippen LogP contribution in [0.5, 0.6) is 0 Å². The lowest BCUT2D eigenvalue weighted by molar-refractivity contribution is -0.115. The average Bonchev–Trinajstić information content (AvgIpc) is 2.49. The zero-order valence-electron chi connectivity index (χ0n) is 11.7. The van der Waals surface area contributed by atoms with Crippen molar-refractivity contribution in [2.75, 3.05) is 10.6 Å². The van der Waals surface area contributed by atoms with E-state index in [0.717, 1.165) is 5.56 Å². The van der Waals surface area contributed by atoms with E-state index in [9.17, 15) is 4.79 Å². The molecule has 0 aromatic heterocycles. The first-order valence-corrected chi connectivity index (χ1v) is 6.17. The third kappa shape index (κ3) is 4.09. The van der Waals surface area contributed by atoms with Crippen LogP contribution in [-0.4, -0.2) is 5.91 Å². The molecule has 2 N–H and O–H groups in total. The van der Waals surface area contributed by atoms with Crippen molar-refractivity contribution in [3.05, 3.63) is 35.0 Å². The summed E-state index contributed by atoms with van der Waals surface area (Å²) in [4.78, 5) is 11.5. The molecule has 0 aliphatic heterocycles. The lowest BCUT2D eigenvalue weighted by Gasteiger charge is -2.13. The molecule has 1 aromatic carbocycles. The minimum absolute atomic E-state index is 0.155. The van der Waals surface area contributed by atoms with Gasteiger partial charge in [0.2, 0.25) is 5.91 Å². The number of benzene rings is 1. The van der Waals surface area contributed by atoms with Gasteiger partial charge < -0.3 is 10.6 Å². The van der Waals surface area contributed by atoms with Crippen LogP contribution in [0.1, 0.15) is 18.9 Å². The van der Waals surface area contributed by atoms with Crippen LogP contribution in [0.3, 0.4) is 0 Å². The highest BCUT2D eigenvalue weighted by Crippen LogP contribution is 2.25. The Morgan fingerprint density at radius 3 is 2.29 bits per heavy atom. The summed E-state index contributed by atoms with van der Waals surface area (Å²) >= 11 is 0. The van der Waals surface area contributed by atoms with Gasteiger partial charge in [-0.25, -0.2) is 0 Å². The first-order chi connectivity index (χ1) is 10.0. The van der Waals surface area contributed by atoms with E-state index in [1.54, 1.807) is 37.3 Å². The number of hydrogen-bond donors (Lipinski definition) is 2. The number of nitrogens with zero attached hydrogens (tertiary/aromatic N) is 3. The third-order valence-electron chi connectivity index (χ3n) is 2.62. The molecule has 1 aromatic rings. The molecule has 104 valence electrons. The van der Waals surface area contributed by atoms with Gasteiger partial charge in [0, 0.05) is 6.42 Å². The Balaban J connectivity index is 3.25. The number of nitriles is 3. The Labute approximate surface area is 122 Å². The molecule has 0 heterocycles. The van der Waals surface area contributed by atoms with Gasteiger partial charge >= 0.3 is 0 Å². The number of carbonyl (C=O) groups is 1. The van der Waals surface area contributed by atoms with E-state index >= 15 is 0 Å². The van der Waals surface area contributed by atoms with Gasteiger partial charge in [0.1, 0.15) is 23.9 Å². The predicted octanol–water partition coefficient (Wildman–Crippen LogP) is 2.58. The number of anilines is 2. The number of allylic oxidation sites excluding steroid dienone is 2. The van der Waals surface area contributed by atoms with Gasteiger partial charge in [-0.05, 0) is 24.6 Å². The SMILES string of the molecule is CCC(=O)Nc1ccc(C)cc1NC(C#N)=C(C#N)C#N. The Hall–Kier alpha value is -3.30. The highest BCUT2D eigenvalue weighted by Gasteiger charge is 2.11. The number of hydrogen-bond acceptors (Lipinski definition) is 5. The lowest BCUT2D eigenvalue weighted by atomic mass is 10.1. The molecule has 0 aliphatic carbocycles. The van der Waals surface area contributed by atoms with Crippen LogP contribution in [0.4, 0.5) is 11.4 Å². The Bertz CT molecular complexity index is 697. The second-order valence-corrected chi connectivity index (χ2v) is 4.16. The average molecular weight is 279 g/mol. The molecular weight excluding hydrogens is 266 g/mol. The minimum atomic E-state index is -0.313. The summed E-state index contributed by atoms with van der Waals surface area (Å²) in [5, 5.41) is 32.1. The zero-order chi connectivity index (χ0) is 15.8. The summed E-state index contributed by atoms with van der Waals surface area (Å²) in [5.41, 5.74) is 1.37. The normalized spacial score (nSPS) is 8.71. The fourth-order valence-electron chi connectivity index (χ4n) is 1.53. The molecule has 6 nitrogen and oxygen atoms in total. The molecule has 6 heteroatoms. The van der Waals surface area contributed by atoms with Crippen LogP contribution in [0.2, 0.25) is 0 Å². The maximum absolute atomic E-state index is 11.5. The largest absolute Gasteiger partial charge is 0.343 e. The van der Waals surface area contributed by atoms with E-state index in [4.69, 9.17) is 15.8 Å². The number of aryl methyl sites for hydroxylation is 1. The summed E-state index contributed by atoms with van der Waals surface area (Å²) in [7, 11) is 0. The molecule has 0 bridgehead atoms. The van der Waals surface area contributed by atoms with E-state index in [0.29, 0.717) is 17.8 Å². The van der Waals surface area contributed by atoms with Gasteiger partial charge in [0.05, 0.1) is 11.4 Å². The quantitative estimate of drug-likeness (QED) is 0.822. The Morgan fingerprint density at radius 1 is 1.10 bits per heavy atom. The first-order valence-electron chi connectivity index (χ1n) is 6.17. The van der Waals surface area contributed by atoms with Crippen LogP contribution >= 0.6 is 0 Å². The van der Waals surface area contributed by atoms with Crippen molar-refractivity contribution in [3.63, 3.8) is 0 Å². The van der Waals surface area contributed by atoms with Crippen molar-refractivity contribution in [3.8, 4) is 18.2 Å². The maximum Gasteiger partial charge on any atom is 0.224 e. The molecular formula is C15H13N5O. The highest BCUT2D eigenvalue weighted by atomic mass is 16.1. The van der Waals surface area contributed by atoms with E-state index in [1.807, 2.05) is 13.0 Å². The first kappa shape index (κ1) is 15.8. The van der Waals surface area contributed by atoms with Gasteiger partial charge in [0.15, 0.2) is 5.57 Å². The van der Waals surface area contributed by atoms with Crippen molar-refractivity contribution in [2.45, 2.75) is 20.3 Å². The molecule has 0 aliphatic rings. The molecule has 0 spiro atoms. The lowest BCUT2D eigenvalue weighted by Crippen LogP contribution is -2.12. The topological polar surface area (TPSA) is 112 Å². The highest BCUT2D eigenvalue weighted by molar-refractivity contribution is 5.94. The van der Waals surface area contributed by atoms with Crippen molar-refractivity contribution in [1.29, 1.82) is 15.8 Å². The molecule has 0 radical (unpaired) electrons. The fraction of sp³-hybridized carbons (Fsp3) is 0.200. The number of amides is 1. The predicted molar refractivity (Wildman–Crippen MR) is 77.6 cm³/mol. The second-order valence-electron chi connectivity index (χ2n) is 4.16. The number of nitrogens with one attached hydrogen (secondary N) is 2. The van der Waals surface area contributed by atoms with Crippen LogP contribution < -0.4 is 10.6 Å². The van der Waals surface area contributed by atoms with Gasteiger partial charge in [-0.3, -0.25) is 4.79 Å². The summed E-state index contributed by atoms with van der Waals surface area (Å²) in [6, 6.07) is 10.3. The molecule has 0 atom stereocenters. The van der Waals surface area contributed by atoms with Gasteiger partial charge in [-0.1, -0.05) is 13.0 Å². The summed E-state index contributed by atoms with van der Waals surface area (Å²) < 4.78 is 0. The monoisotopic (exact) mass is 279 g/mol. The van der Waals surface area contributed by atoms with Crippen molar-refractivity contribution >= 4 is 17.3 Å². The maximum atomic E-state index is 11.5. The van der Waals surface area contributed by atoms with E-state index < -0.39 is 0 Å². The smallest absolute Gasteiger partial charge is 0.224 e. The van der Waals surface area contributed by atoms with Gasteiger partial charge in [-0.15, -0.1) is 0 Å². The van der Waals surface area contributed by atoms with Crippen LogP contribution in [0.15, 0.2) is 29.5 Å². The Kier molecular flexibility index (Phi) is 5.50. The second kappa shape index (κ2) is 7.33. The van der Waals surface area contributed by atoms with Crippen molar-refractivity contribution in [1.82, 2.24) is 0 Å². The molecule has 21 heavy (non-hydrogen) atoms. The van der Waals surface area contributed by atoms with E-state index in [2.05, 4.69) is 10.6 Å². The van der Waals surface area contributed by atoms with Gasteiger partial charge in [-0.2, -0.15) is 15.8 Å². The molecule has 1 rings (SSSR count). The van der Waals surface area contributed by atoms with Crippen LogP contribution in [0, 0.1) is 40.9 Å². The van der Waals surface area contributed by atoms with E-state index in [1.165, 1.54) is 0 Å². The zero-order valence-corrected chi connectivity index (χ0v) is 11.7. The number of carbonyl (C=O) groups excluding carboxylic acids is 1. The van der Waals surface area contributed by atoms with Crippen LogP contribution in [-0.2, 0) is 4.79 Å². The molecule has 0 unspecified atom stereocenters.